The number of aliphatic hydroxyl groups is 1. The topological polar surface area (TPSA) is 111 Å². The number of carbonyl (C=O) groups is 1. The van der Waals surface area contributed by atoms with Crippen LogP contribution in [0, 0.1) is 5.92 Å². The second-order valence-electron chi connectivity index (χ2n) is 11.1. The van der Waals surface area contributed by atoms with Crippen LogP contribution in [0.4, 0.5) is 0 Å². The molecule has 1 aromatic heterocycles. The molecule has 4 aromatic carbocycles. The molecular formula is C35H35N5O4S. The summed E-state index contributed by atoms with van der Waals surface area (Å²) >= 11 is 1.55. The zero-order valence-corrected chi connectivity index (χ0v) is 25.9. The van der Waals surface area contributed by atoms with Gasteiger partial charge in [-0.05, 0) is 62.5 Å². The Labute approximate surface area is 266 Å². The van der Waals surface area contributed by atoms with Crippen LogP contribution in [0.25, 0.3) is 11.1 Å². The van der Waals surface area contributed by atoms with Gasteiger partial charge >= 0.3 is 0 Å². The number of carbonyl (C=O) groups excluding carboxylic acids is 1. The van der Waals surface area contributed by atoms with Crippen LogP contribution < -0.4 is 5.32 Å². The fourth-order valence-corrected chi connectivity index (χ4v) is 6.42. The lowest BCUT2D eigenvalue weighted by Gasteiger charge is -2.41. The minimum Gasteiger partial charge on any atom is -0.392 e. The molecule has 1 fully saturated rings. The van der Waals surface area contributed by atoms with Crippen molar-refractivity contribution in [3.63, 3.8) is 0 Å². The number of aromatic nitrogens is 4. The summed E-state index contributed by atoms with van der Waals surface area (Å²) in [7, 11) is 1.82. The maximum absolute atomic E-state index is 12.6. The molecule has 0 saturated carbocycles. The minimum atomic E-state index is -0.597. The number of tetrazole rings is 1. The van der Waals surface area contributed by atoms with Gasteiger partial charge in [-0.3, -0.25) is 4.79 Å². The average molecular weight is 622 g/mol. The van der Waals surface area contributed by atoms with Gasteiger partial charge < -0.3 is 19.9 Å². The van der Waals surface area contributed by atoms with Gasteiger partial charge in [-0.15, -0.1) is 5.10 Å². The van der Waals surface area contributed by atoms with Gasteiger partial charge in [0.25, 0.3) is 5.91 Å². The van der Waals surface area contributed by atoms with Crippen molar-refractivity contribution in [3.8, 4) is 11.1 Å². The Morgan fingerprint density at radius 3 is 2.38 bits per heavy atom. The van der Waals surface area contributed by atoms with E-state index in [0.29, 0.717) is 17.9 Å². The van der Waals surface area contributed by atoms with Crippen molar-refractivity contribution < 1.29 is 19.4 Å². The maximum Gasteiger partial charge on any atom is 0.251 e. The minimum absolute atomic E-state index is 0.00845. The highest BCUT2D eigenvalue weighted by Crippen LogP contribution is 2.43. The third kappa shape index (κ3) is 7.32. The number of rotatable bonds is 10. The number of amides is 1. The molecule has 9 nitrogen and oxygen atoms in total. The van der Waals surface area contributed by atoms with Crippen LogP contribution in [0.5, 0.6) is 0 Å². The molecule has 1 amide bonds. The molecule has 0 radical (unpaired) electrons. The van der Waals surface area contributed by atoms with Gasteiger partial charge in [0.2, 0.25) is 5.16 Å². The molecule has 1 aliphatic heterocycles. The molecule has 1 saturated heterocycles. The SMILES string of the molecule is CC1C(CSc2nnnn2C)OC(c2cccc(-c3cccc(CNC(=O)c4ccccc4)c3)c2)OC1c1ccc(CO)cc1. The number of aryl methyl sites for hydroxylation is 1. The van der Waals surface area contributed by atoms with E-state index >= 15 is 0 Å². The highest BCUT2D eigenvalue weighted by Gasteiger charge is 2.38. The molecule has 1 aliphatic rings. The Balaban J connectivity index is 1.22. The molecule has 10 heteroatoms. The Kier molecular flexibility index (Phi) is 9.66. The van der Waals surface area contributed by atoms with Gasteiger partial charge in [0.05, 0.1) is 18.8 Å². The number of aliphatic hydroxyl groups excluding tert-OH is 1. The molecule has 2 N–H and O–H groups in total. The lowest BCUT2D eigenvalue weighted by molar-refractivity contribution is -0.268. The van der Waals surface area contributed by atoms with E-state index in [-0.39, 0.29) is 30.6 Å². The van der Waals surface area contributed by atoms with Crippen molar-refractivity contribution in [2.45, 2.75) is 43.7 Å². The van der Waals surface area contributed by atoms with E-state index in [4.69, 9.17) is 9.47 Å². The first-order valence-corrected chi connectivity index (χ1v) is 15.9. The van der Waals surface area contributed by atoms with Gasteiger partial charge in [-0.1, -0.05) is 97.5 Å². The van der Waals surface area contributed by atoms with Crippen LogP contribution in [0.15, 0.2) is 108 Å². The Morgan fingerprint density at radius 2 is 1.64 bits per heavy atom. The van der Waals surface area contributed by atoms with Crippen LogP contribution >= 0.6 is 11.8 Å². The van der Waals surface area contributed by atoms with Crippen LogP contribution in [0.2, 0.25) is 0 Å². The van der Waals surface area contributed by atoms with Crippen LogP contribution in [0.1, 0.15) is 51.9 Å². The Hall–Kier alpha value is -4.35. The molecule has 0 spiro atoms. The van der Waals surface area contributed by atoms with Crippen LogP contribution in [-0.4, -0.2) is 43.1 Å². The Bertz CT molecular complexity index is 1730. The highest BCUT2D eigenvalue weighted by molar-refractivity contribution is 7.99. The summed E-state index contributed by atoms with van der Waals surface area (Å²) < 4.78 is 15.0. The summed E-state index contributed by atoms with van der Waals surface area (Å²) in [5.41, 5.74) is 6.49. The molecule has 6 rings (SSSR count). The van der Waals surface area contributed by atoms with Crippen molar-refractivity contribution in [3.05, 3.63) is 131 Å². The predicted molar refractivity (Wildman–Crippen MR) is 172 cm³/mol. The average Bonchev–Trinajstić information content (AvgIpc) is 3.51. The number of thioether (sulfide) groups is 1. The van der Waals surface area contributed by atoms with Gasteiger partial charge in [0.15, 0.2) is 6.29 Å². The summed E-state index contributed by atoms with van der Waals surface area (Å²) in [6, 6.07) is 33.5. The van der Waals surface area contributed by atoms with Gasteiger partial charge in [0, 0.05) is 36.4 Å². The van der Waals surface area contributed by atoms with Crippen molar-refractivity contribution in [2.75, 3.05) is 5.75 Å². The molecule has 5 aromatic rings. The summed E-state index contributed by atoms with van der Waals surface area (Å²) in [4.78, 5) is 12.6. The molecular weight excluding hydrogens is 586 g/mol. The molecule has 230 valence electrons. The van der Waals surface area contributed by atoms with Gasteiger partial charge in [0.1, 0.15) is 0 Å². The standard InChI is InChI=1S/C35H35N5O4S/c1-23-31(22-45-35-37-38-39-40(35)2)43-34(44-32(23)26-16-14-24(21-41)15-17-26)30-13-7-12-29(19-30)28-11-6-8-25(18-28)20-36-33(42)27-9-4-3-5-10-27/h3-19,23,31-32,34,41H,20-22H2,1-2H3,(H,36,42). The van der Waals surface area contributed by atoms with Crippen molar-refractivity contribution in [1.29, 1.82) is 0 Å². The van der Waals surface area contributed by atoms with Crippen LogP contribution in [-0.2, 0) is 29.7 Å². The lowest BCUT2D eigenvalue weighted by Crippen LogP contribution is -2.38. The lowest BCUT2D eigenvalue weighted by atomic mass is 9.91. The summed E-state index contributed by atoms with van der Waals surface area (Å²) in [6.07, 6.45) is -0.965. The zero-order chi connectivity index (χ0) is 31.2. The Morgan fingerprint density at radius 1 is 0.889 bits per heavy atom. The molecule has 0 aliphatic carbocycles. The predicted octanol–water partition coefficient (Wildman–Crippen LogP) is 5.88. The molecule has 4 atom stereocenters. The number of ether oxygens (including phenoxy) is 2. The smallest absolute Gasteiger partial charge is 0.251 e. The normalized spacial score (nSPS) is 19.7. The van der Waals surface area contributed by atoms with E-state index in [0.717, 1.165) is 38.5 Å². The number of nitrogens with zero attached hydrogens (tertiary/aromatic N) is 4. The second kappa shape index (κ2) is 14.2. The fourth-order valence-electron chi connectivity index (χ4n) is 5.41. The largest absolute Gasteiger partial charge is 0.392 e. The quantitative estimate of drug-likeness (QED) is 0.186. The second-order valence-corrected chi connectivity index (χ2v) is 12.1. The van der Waals surface area contributed by atoms with Crippen molar-refractivity contribution in [1.82, 2.24) is 25.5 Å². The number of hydrogen-bond acceptors (Lipinski definition) is 8. The van der Waals surface area contributed by atoms with Gasteiger partial charge in [-0.2, -0.15) is 0 Å². The van der Waals surface area contributed by atoms with Crippen molar-refractivity contribution in [2.24, 2.45) is 13.0 Å². The van der Waals surface area contributed by atoms with Crippen LogP contribution in [0.3, 0.4) is 0 Å². The molecule has 2 heterocycles. The number of nitrogens with one attached hydrogen (secondary N) is 1. The third-order valence-electron chi connectivity index (χ3n) is 7.99. The van der Waals surface area contributed by atoms with E-state index in [1.165, 1.54) is 0 Å². The van der Waals surface area contributed by atoms with Gasteiger partial charge in [-0.25, -0.2) is 4.68 Å². The number of benzene rings is 4. The highest BCUT2D eigenvalue weighted by atomic mass is 32.2. The molecule has 4 unspecified atom stereocenters. The van der Waals surface area contributed by atoms with Crippen molar-refractivity contribution >= 4 is 17.7 Å². The van der Waals surface area contributed by atoms with E-state index < -0.39 is 6.29 Å². The number of hydrogen-bond donors (Lipinski definition) is 2. The van der Waals surface area contributed by atoms with E-state index in [2.05, 4.69) is 52.0 Å². The van der Waals surface area contributed by atoms with E-state index in [9.17, 15) is 9.90 Å². The van der Waals surface area contributed by atoms with E-state index in [1.807, 2.05) is 73.8 Å². The summed E-state index contributed by atoms with van der Waals surface area (Å²) in [6.45, 7) is 2.55. The third-order valence-corrected chi connectivity index (χ3v) is 9.09. The monoisotopic (exact) mass is 621 g/mol. The van der Waals surface area contributed by atoms with E-state index in [1.54, 1.807) is 28.6 Å². The molecule has 45 heavy (non-hydrogen) atoms. The first-order valence-electron chi connectivity index (χ1n) is 14.9. The summed E-state index contributed by atoms with van der Waals surface area (Å²) in [5.74, 6) is 0.588. The summed E-state index contributed by atoms with van der Waals surface area (Å²) in [5, 5.41) is 25.1. The fraction of sp³-hybridized carbons (Fsp3) is 0.257. The molecule has 0 bridgehead atoms. The first kappa shape index (κ1) is 30.7. The maximum atomic E-state index is 12.6. The zero-order valence-electron chi connectivity index (χ0n) is 25.1. The first-order chi connectivity index (χ1) is 22.0.